The van der Waals surface area contributed by atoms with Crippen molar-refractivity contribution in [1.82, 2.24) is 4.90 Å². The summed E-state index contributed by atoms with van der Waals surface area (Å²) in [5.41, 5.74) is 1.23. The zero-order valence-electron chi connectivity index (χ0n) is 10.4. The summed E-state index contributed by atoms with van der Waals surface area (Å²) in [6.07, 6.45) is 0.420. The summed E-state index contributed by atoms with van der Waals surface area (Å²) >= 11 is 3.41. The van der Waals surface area contributed by atoms with Crippen molar-refractivity contribution < 1.29 is 9.53 Å². The number of carbonyl (C=O) groups is 1. The van der Waals surface area contributed by atoms with Gasteiger partial charge in [-0.05, 0) is 31.7 Å². The zero-order valence-corrected chi connectivity index (χ0v) is 12.0. The van der Waals surface area contributed by atoms with Crippen molar-refractivity contribution in [3.63, 3.8) is 0 Å². The van der Waals surface area contributed by atoms with E-state index in [1.807, 2.05) is 26.1 Å². The molecule has 0 N–H and O–H groups in total. The predicted octanol–water partition coefficient (Wildman–Crippen LogP) is 2.83. The Balaban J connectivity index is 2.50. The number of hydrogen-bond acceptors (Lipinski definition) is 3. The number of esters is 1. The monoisotopic (exact) mass is 299 g/mol. The van der Waals surface area contributed by atoms with Gasteiger partial charge in [0.05, 0.1) is 13.5 Å². The third-order valence-electron chi connectivity index (χ3n) is 2.79. The molecule has 0 amide bonds. The Kier molecular flexibility index (Phi) is 5.65. The maximum atomic E-state index is 11.2. The molecule has 1 atom stereocenters. The molecule has 0 aliphatic carbocycles. The predicted molar refractivity (Wildman–Crippen MR) is 71.7 cm³/mol. The number of rotatable bonds is 5. The molecule has 94 valence electrons. The summed E-state index contributed by atoms with van der Waals surface area (Å²) < 4.78 is 5.74. The summed E-state index contributed by atoms with van der Waals surface area (Å²) in [7, 11) is 3.43. The van der Waals surface area contributed by atoms with Crippen molar-refractivity contribution in [2.45, 2.75) is 25.9 Å². The van der Waals surface area contributed by atoms with Crippen LogP contribution in [0.25, 0.3) is 0 Å². The second-order valence-electron chi connectivity index (χ2n) is 4.17. The first kappa shape index (κ1) is 14.2. The molecular weight excluding hydrogens is 282 g/mol. The van der Waals surface area contributed by atoms with Crippen LogP contribution in [0.5, 0.6) is 0 Å². The summed E-state index contributed by atoms with van der Waals surface area (Å²) in [4.78, 5) is 13.3. The summed E-state index contributed by atoms with van der Waals surface area (Å²) in [5.74, 6) is -0.167. The van der Waals surface area contributed by atoms with Crippen LogP contribution in [0, 0.1) is 0 Å². The van der Waals surface area contributed by atoms with Gasteiger partial charge in [0.1, 0.15) is 0 Å². The lowest BCUT2D eigenvalue weighted by molar-refractivity contribution is -0.141. The summed E-state index contributed by atoms with van der Waals surface area (Å²) in [6, 6.07) is 8.37. The van der Waals surface area contributed by atoms with E-state index < -0.39 is 0 Å². The molecule has 3 nitrogen and oxygen atoms in total. The van der Waals surface area contributed by atoms with E-state index in [1.165, 1.54) is 12.7 Å². The van der Waals surface area contributed by atoms with Gasteiger partial charge in [0.15, 0.2) is 0 Å². The van der Waals surface area contributed by atoms with Crippen LogP contribution in [-0.4, -0.2) is 31.1 Å². The average Bonchev–Trinajstić information content (AvgIpc) is 2.31. The molecule has 0 aromatic heterocycles. The second kappa shape index (κ2) is 6.77. The highest BCUT2D eigenvalue weighted by molar-refractivity contribution is 9.10. The molecule has 0 fully saturated rings. The van der Waals surface area contributed by atoms with E-state index in [1.54, 1.807) is 0 Å². The molecule has 0 saturated heterocycles. The molecule has 0 bridgehead atoms. The lowest BCUT2D eigenvalue weighted by Gasteiger charge is -2.23. The lowest BCUT2D eigenvalue weighted by Crippen LogP contribution is -2.31. The fourth-order valence-electron chi connectivity index (χ4n) is 1.51. The Morgan fingerprint density at radius 2 is 2.00 bits per heavy atom. The van der Waals surface area contributed by atoms with Crippen molar-refractivity contribution in [3.05, 3.63) is 34.3 Å². The fourth-order valence-corrected chi connectivity index (χ4v) is 1.78. The van der Waals surface area contributed by atoms with Crippen molar-refractivity contribution >= 4 is 21.9 Å². The Labute approximate surface area is 111 Å². The van der Waals surface area contributed by atoms with Crippen LogP contribution in [0.4, 0.5) is 0 Å². The third-order valence-corrected chi connectivity index (χ3v) is 3.32. The van der Waals surface area contributed by atoms with E-state index in [-0.39, 0.29) is 12.0 Å². The second-order valence-corrected chi connectivity index (χ2v) is 5.09. The Bertz CT molecular complexity index is 364. The minimum absolute atomic E-state index is 0.167. The van der Waals surface area contributed by atoms with Crippen molar-refractivity contribution in [1.29, 1.82) is 0 Å². The highest BCUT2D eigenvalue weighted by Gasteiger charge is 2.14. The first-order valence-corrected chi connectivity index (χ1v) is 6.33. The molecule has 1 unspecified atom stereocenters. The topological polar surface area (TPSA) is 29.5 Å². The minimum Gasteiger partial charge on any atom is -0.469 e. The number of halogens is 1. The van der Waals surface area contributed by atoms with E-state index >= 15 is 0 Å². The van der Waals surface area contributed by atoms with Crippen LogP contribution in [-0.2, 0) is 16.1 Å². The van der Waals surface area contributed by atoms with Crippen molar-refractivity contribution in [3.8, 4) is 0 Å². The standard InChI is InChI=1S/C13H18BrNO2/c1-10(8-13(16)17-3)15(2)9-11-4-6-12(14)7-5-11/h4-7,10H,8-9H2,1-3H3. The van der Waals surface area contributed by atoms with Crippen LogP contribution in [0.15, 0.2) is 28.7 Å². The summed E-state index contributed by atoms with van der Waals surface area (Å²) in [6.45, 7) is 2.85. The average molecular weight is 300 g/mol. The van der Waals surface area contributed by atoms with Gasteiger partial charge in [-0.25, -0.2) is 0 Å². The van der Waals surface area contributed by atoms with E-state index in [0.717, 1.165) is 11.0 Å². The Morgan fingerprint density at radius 3 is 2.53 bits per heavy atom. The highest BCUT2D eigenvalue weighted by atomic mass is 79.9. The largest absolute Gasteiger partial charge is 0.469 e. The van der Waals surface area contributed by atoms with Gasteiger partial charge in [-0.15, -0.1) is 0 Å². The van der Waals surface area contributed by atoms with Crippen LogP contribution < -0.4 is 0 Å². The van der Waals surface area contributed by atoms with Gasteiger partial charge in [0, 0.05) is 17.1 Å². The number of methoxy groups -OCH3 is 1. The van der Waals surface area contributed by atoms with E-state index in [4.69, 9.17) is 0 Å². The number of carbonyl (C=O) groups excluding carboxylic acids is 1. The molecule has 17 heavy (non-hydrogen) atoms. The lowest BCUT2D eigenvalue weighted by atomic mass is 10.1. The van der Waals surface area contributed by atoms with Gasteiger partial charge in [0.25, 0.3) is 0 Å². The van der Waals surface area contributed by atoms with E-state index in [0.29, 0.717) is 6.42 Å². The van der Waals surface area contributed by atoms with Gasteiger partial charge in [-0.3, -0.25) is 9.69 Å². The molecule has 0 aliphatic heterocycles. The highest BCUT2D eigenvalue weighted by Crippen LogP contribution is 2.13. The molecule has 1 aromatic rings. The molecular formula is C13H18BrNO2. The number of ether oxygens (including phenoxy) is 1. The van der Waals surface area contributed by atoms with Crippen LogP contribution >= 0.6 is 15.9 Å². The normalized spacial score (nSPS) is 12.5. The molecule has 0 saturated carbocycles. The Morgan fingerprint density at radius 1 is 1.41 bits per heavy atom. The van der Waals surface area contributed by atoms with Crippen LogP contribution in [0.1, 0.15) is 18.9 Å². The van der Waals surface area contributed by atoms with Gasteiger partial charge in [-0.1, -0.05) is 28.1 Å². The maximum Gasteiger partial charge on any atom is 0.307 e. The molecule has 0 heterocycles. The number of nitrogens with zero attached hydrogens (tertiary/aromatic N) is 1. The van der Waals surface area contributed by atoms with Gasteiger partial charge >= 0.3 is 5.97 Å². The first-order valence-electron chi connectivity index (χ1n) is 5.54. The van der Waals surface area contributed by atoms with Crippen molar-refractivity contribution in [2.75, 3.05) is 14.2 Å². The maximum absolute atomic E-state index is 11.2. The van der Waals surface area contributed by atoms with E-state index in [2.05, 4.69) is 37.7 Å². The van der Waals surface area contributed by atoms with Crippen molar-refractivity contribution in [2.24, 2.45) is 0 Å². The SMILES string of the molecule is COC(=O)CC(C)N(C)Cc1ccc(Br)cc1. The number of hydrogen-bond donors (Lipinski definition) is 0. The van der Waals surface area contributed by atoms with Crippen LogP contribution in [0.3, 0.4) is 0 Å². The smallest absolute Gasteiger partial charge is 0.307 e. The molecule has 0 spiro atoms. The third kappa shape index (κ3) is 4.88. The first-order chi connectivity index (χ1) is 8.02. The van der Waals surface area contributed by atoms with E-state index in [9.17, 15) is 4.79 Å². The molecule has 1 rings (SSSR count). The Hall–Kier alpha value is -0.870. The van der Waals surface area contributed by atoms with Gasteiger partial charge in [0.2, 0.25) is 0 Å². The molecule has 1 aromatic carbocycles. The minimum atomic E-state index is -0.167. The van der Waals surface area contributed by atoms with Gasteiger partial charge < -0.3 is 4.74 Å². The number of benzene rings is 1. The molecule has 0 aliphatic rings. The fraction of sp³-hybridized carbons (Fsp3) is 0.462. The molecule has 0 radical (unpaired) electrons. The van der Waals surface area contributed by atoms with Crippen LogP contribution in [0.2, 0.25) is 0 Å². The quantitative estimate of drug-likeness (QED) is 0.783. The molecule has 4 heteroatoms. The zero-order chi connectivity index (χ0) is 12.8. The van der Waals surface area contributed by atoms with Gasteiger partial charge in [-0.2, -0.15) is 0 Å². The summed E-state index contributed by atoms with van der Waals surface area (Å²) in [5, 5.41) is 0.